The minimum atomic E-state index is -0.649. The van der Waals surface area contributed by atoms with Crippen molar-refractivity contribution in [3.63, 3.8) is 0 Å². The van der Waals surface area contributed by atoms with Crippen LogP contribution in [0.3, 0.4) is 0 Å². The standard InChI is InChI=1S/C34H33FN4O6/c1-20-15-21(2)39(34(42)37-20)19-31(40)38-13-11-22-16-24-6-8-26(22)32(38)23-5-10-29(43-3)30(17-23)44-14-4-12-36-33(41)27-18-25(45-24)7-9-28(27)35/h5-10,15-18,32H,4,11-14,19H2,1-3H3,(H,36,41). The van der Waals surface area contributed by atoms with E-state index in [2.05, 4.69) is 10.3 Å². The number of hydrogen-bond acceptors (Lipinski definition) is 7. The number of ether oxygens (including phenoxy) is 3. The molecular formula is C34H33FN4O6. The highest BCUT2D eigenvalue weighted by Crippen LogP contribution is 2.41. The first-order valence-electron chi connectivity index (χ1n) is 14.8. The number of aromatic nitrogens is 2. The Labute approximate surface area is 259 Å². The first-order chi connectivity index (χ1) is 21.7. The fourth-order valence-corrected chi connectivity index (χ4v) is 5.89. The van der Waals surface area contributed by atoms with Crippen LogP contribution in [0.5, 0.6) is 23.0 Å². The number of fused-ring (bicyclic) bond motifs is 6. The Morgan fingerprint density at radius 3 is 2.67 bits per heavy atom. The molecule has 2 amide bonds. The van der Waals surface area contributed by atoms with E-state index in [1.807, 2.05) is 24.3 Å². The van der Waals surface area contributed by atoms with Gasteiger partial charge >= 0.3 is 5.69 Å². The van der Waals surface area contributed by atoms with Crippen LogP contribution in [0.25, 0.3) is 0 Å². The highest BCUT2D eigenvalue weighted by atomic mass is 19.1. The fourth-order valence-electron chi connectivity index (χ4n) is 5.89. The first kappa shape index (κ1) is 29.9. The largest absolute Gasteiger partial charge is 0.493 e. The van der Waals surface area contributed by atoms with Crippen LogP contribution in [0.1, 0.15) is 50.9 Å². The van der Waals surface area contributed by atoms with Gasteiger partial charge < -0.3 is 24.4 Å². The number of methoxy groups -OCH3 is 1. The van der Waals surface area contributed by atoms with Gasteiger partial charge in [-0.1, -0.05) is 12.1 Å². The summed E-state index contributed by atoms with van der Waals surface area (Å²) in [6.07, 6.45) is 0.986. The number of amides is 2. The maximum Gasteiger partial charge on any atom is 0.348 e. The molecule has 0 aliphatic carbocycles. The average Bonchev–Trinajstić information content (AvgIpc) is 3.02. The van der Waals surface area contributed by atoms with Crippen molar-refractivity contribution in [2.45, 2.75) is 39.3 Å². The highest BCUT2D eigenvalue weighted by Gasteiger charge is 2.33. The van der Waals surface area contributed by atoms with E-state index in [0.717, 1.165) is 16.7 Å². The predicted octanol–water partition coefficient (Wildman–Crippen LogP) is 4.49. The van der Waals surface area contributed by atoms with Crippen LogP contribution in [0.2, 0.25) is 0 Å². The summed E-state index contributed by atoms with van der Waals surface area (Å²) >= 11 is 0. The minimum Gasteiger partial charge on any atom is -0.493 e. The number of halogens is 1. The maximum atomic E-state index is 14.6. The van der Waals surface area contributed by atoms with Gasteiger partial charge in [-0.2, -0.15) is 4.98 Å². The fraction of sp³-hybridized carbons (Fsp3) is 0.294. The number of nitrogens with zero attached hydrogens (tertiary/aromatic N) is 3. The second kappa shape index (κ2) is 12.4. The van der Waals surface area contributed by atoms with Gasteiger partial charge in [0.15, 0.2) is 11.5 Å². The molecule has 11 heteroatoms. The lowest BCUT2D eigenvalue weighted by Crippen LogP contribution is -2.44. The van der Waals surface area contributed by atoms with E-state index >= 15 is 0 Å². The van der Waals surface area contributed by atoms with Gasteiger partial charge in [-0.25, -0.2) is 9.18 Å². The van der Waals surface area contributed by atoms with E-state index in [1.54, 1.807) is 44.1 Å². The van der Waals surface area contributed by atoms with Crippen LogP contribution < -0.4 is 25.2 Å². The molecule has 4 aromatic rings. The van der Waals surface area contributed by atoms with Gasteiger partial charge in [-0.3, -0.25) is 14.2 Å². The van der Waals surface area contributed by atoms with E-state index < -0.39 is 23.5 Å². The molecule has 1 N–H and O–H groups in total. The van der Waals surface area contributed by atoms with E-state index in [-0.39, 0.29) is 31.2 Å². The molecule has 3 aliphatic rings. The monoisotopic (exact) mass is 612 g/mol. The molecule has 0 spiro atoms. The third-order valence-corrected chi connectivity index (χ3v) is 8.09. The van der Waals surface area contributed by atoms with E-state index in [1.165, 1.54) is 22.8 Å². The predicted molar refractivity (Wildman–Crippen MR) is 164 cm³/mol. The molecule has 3 aliphatic heterocycles. The maximum absolute atomic E-state index is 14.6. The molecule has 0 saturated heterocycles. The molecular weight excluding hydrogens is 579 g/mol. The molecule has 1 aromatic heterocycles. The second-order valence-electron chi connectivity index (χ2n) is 11.1. The SMILES string of the molecule is COc1ccc2cc1OCCCNC(=O)c1cc(ccc1F)Oc1ccc3c(c1)CCN(C(=O)Cn1c(C)cc(C)nc1=O)C23. The molecule has 0 radical (unpaired) electrons. The molecule has 3 aromatic carbocycles. The normalized spacial score (nSPS) is 16.1. The summed E-state index contributed by atoms with van der Waals surface area (Å²) in [5, 5.41) is 2.73. The third kappa shape index (κ3) is 6.11. The smallest absolute Gasteiger partial charge is 0.348 e. The van der Waals surface area contributed by atoms with Gasteiger partial charge in [0.05, 0.1) is 25.3 Å². The van der Waals surface area contributed by atoms with Crippen LogP contribution in [0, 0.1) is 19.7 Å². The Morgan fingerprint density at radius 1 is 1.07 bits per heavy atom. The molecule has 10 nitrogen and oxygen atoms in total. The van der Waals surface area contributed by atoms with Gasteiger partial charge in [0.1, 0.15) is 23.9 Å². The molecule has 8 bridgehead atoms. The first-order valence-corrected chi connectivity index (χ1v) is 14.8. The van der Waals surface area contributed by atoms with Crippen molar-refractivity contribution in [2.75, 3.05) is 26.8 Å². The van der Waals surface area contributed by atoms with E-state index in [9.17, 15) is 18.8 Å². The van der Waals surface area contributed by atoms with Crippen molar-refractivity contribution in [2.24, 2.45) is 0 Å². The molecule has 232 valence electrons. The Balaban J connectivity index is 1.43. The quantitative estimate of drug-likeness (QED) is 0.363. The zero-order chi connectivity index (χ0) is 31.7. The summed E-state index contributed by atoms with van der Waals surface area (Å²) in [6.45, 7) is 4.28. The number of rotatable bonds is 3. The summed E-state index contributed by atoms with van der Waals surface area (Å²) in [4.78, 5) is 45.2. The summed E-state index contributed by atoms with van der Waals surface area (Å²) in [5.41, 5.74) is 3.33. The summed E-state index contributed by atoms with van der Waals surface area (Å²) < 4.78 is 33.7. The van der Waals surface area contributed by atoms with Gasteiger partial charge in [0.25, 0.3) is 5.91 Å². The average molecular weight is 613 g/mol. The lowest BCUT2D eigenvalue weighted by molar-refractivity contribution is -0.134. The number of nitrogens with one attached hydrogen (secondary N) is 1. The zero-order valence-electron chi connectivity index (χ0n) is 25.3. The van der Waals surface area contributed by atoms with Gasteiger partial charge in [0.2, 0.25) is 5.91 Å². The molecule has 45 heavy (non-hydrogen) atoms. The van der Waals surface area contributed by atoms with Crippen molar-refractivity contribution in [3.05, 3.63) is 111 Å². The summed E-state index contributed by atoms with van der Waals surface area (Å²) in [6, 6.07) is 16.5. The van der Waals surface area contributed by atoms with Crippen LogP contribution in [0.15, 0.2) is 65.5 Å². The Bertz CT molecular complexity index is 1860. The minimum absolute atomic E-state index is 0.116. The lowest BCUT2D eigenvalue weighted by Gasteiger charge is -2.38. The van der Waals surface area contributed by atoms with Crippen molar-refractivity contribution >= 4 is 11.8 Å². The molecule has 1 atom stereocenters. The Kier molecular flexibility index (Phi) is 8.25. The van der Waals surface area contributed by atoms with Crippen LogP contribution in [0.4, 0.5) is 4.39 Å². The highest BCUT2D eigenvalue weighted by molar-refractivity contribution is 5.94. The van der Waals surface area contributed by atoms with Crippen molar-refractivity contribution in [1.82, 2.24) is 19.8 Å². The molecule has 0 fully saturated rings. The number of carbonyl (C=O) groups excluding carboxylic acids is 2. The van der Waals surface area contributed by atoms with Crippen LogP contribution in [-0.2, 0) is 17.8 Å². The molecule has 0 saturated carbocycles. The number of benzene rings is 3. The zero-order valence-corrected chi connectivity index (χ0v) is 25.3. The topological polar surface area (TPSA) is 112 Å². The lowest BCUT2D eigenvalue weighted by atomic mass is 9.87. The van der Waals surface area contributed by atoms with Crippen molar-refractivity contribution < 1.29 is 28.2 Å². The van der Waals surface area contributed by atoms with Crippen LogP contribution >= 0.6 is 0 Å². The Morgan fingerprint density at radius 2 is 1.87 bits per heavy atom. The van der Waals surface area contributed by atoms with Gasteiger partial charge in [-0.05, 0) is 91.9 Å². The van der Waals surface area contributed by atoms with Gasteiger partial charge in [-0.15, -0.1) is 0 Å². The van der Waals surface area contributed by atoms with Gasteiger partial charge in [0, 0.05) is 24.5 Å². The van der Waals surface area contributed by atoms with E-state index in [4.69, 9.17) is 14.2 Å². The number of carbonyl (C=O) groups is 2. The van der Waals surface area contributed by atoms with Crippen LogP contribution in [-0.4, -0.2) is 53.1 Å². The molecule has 4 heterocycles. The number of hydrogen-bond donors (Lipinski definition) is 1. The Hall–Kier alpha value is -5.19. The second-order valence-corrected chi connectivity index (χ2v) is 11.1. The third-order valence-electron chi connectivity index (χ3n) is 8.09. The van der Waals surface area contributed by atoms with Crippen molar-refractivity contribution in [3.8, 4) is 23.0 Å². The summed E-state index contributed by atoms with van der Waals surface area (Å²) in [7, 11) is 1.55. The number of aryl methyl sites for hydroxylation is 2. The van der Waals surface area contributed by atoms with Crippen molar-refractivity contribution in [1.29, 1.82) is 0 Å². The molecule has 1 unspecified atom stereocenters. The molecule has 7 rings (SSSR count). The summed E-state index contributed by atoms with van der Waals surface area (Å²) in [5.74, 6) is 0.411. The van der Waals surface area contributed by atoms with E-state index in [0.29, 0.717) is 53.8 Å².